The van der Waals surface area contributed by atoms with E-state index in [9.17, 15) is 5.11 Å². The third-order valence-corrected chi connectivity index (χ3v) is 7.65. The second-order valence-corrected chi connectivity index (χ2v) is 8.66. The summed E-state index contributed by atoms with van der Waals surface area (Å²) in [5, 5.41) is 10.1. The maximum atomic E-state index is 10.1. The van der Waals surface area contributed by atoms with E-state index in [4.69, 9.17) is 0 Å². The number of nitrogens with zero attached hydrogens (tertiary/aromatic N) is 1. The molecule has 3 fully saturated rings. The Morgan fingerprint density at radius 2 is 2.00 bits per heavy atom. The maximum Gasteiger partial charge on any atom is 0.115 e. The van der Waals surface area contributed by atoms with E-state index in [1.807, 2.05) is 6.07 Å². The van der Waals surface area contributed by atoms with Gasteiger partial charge in [0.25, 0.3) is 0 Å². The Balaban J connectivity index is 1.54. The molecule has 0 amide bonds. The Labute approximate surface area is 139 Å². The Hall–Kier alpha value is -1.02. The normalized spacial score (nSPS) is 36.9. The van der Waals surface area contributed by atoms with Crippen LogP contribution in [0.3, 0.4) is 0 Å². The summed E-state index contributed by atoms with van der Waals surface area (Å²) in [6.45, 7) is 2.64. The quantitative estimate of drug-likeness (QED) is 0.882. The number of benzene rings is 1. The van der Waals surface area contributed by atoms with E-state index < -0.39 is 0 Å². The van der Waals surface area contributed by atoms with Crippen molar-refractivity contribution in [3.05, 3.63) is 29.3 Å². The van der Waals surface area contributed by atoms with E-state index in [1.165, 1.54) is 82.0 Å². The van der Waals surface area contributed by atoms with Crippen LogP contribution in [0.4, 0.5) is 0 Å². The molecule has 3 aliphatic carbocycles. The lowest BCUT2D eigenvalue weighted by atomic mass is 9.52. The van der Waals surface area contributed by atoms with Crippen molar-refractivity contribution in [1.82, 2.24) is 4.90 Å². The van der Waals surface area contributed by atoms with E-state index in [2.05, 4.69) is 17.0 Å². The molecule has 2 nitrogen and oxygen atoms in total. The Bertz CT molecular complexity index is 608. The minimum atomic E-state index is 0.380. The molecule has 1 aromatic rings. The summed E-state index contributed by atoms with van der Waals surface area (Å²) >= 11 is 0. The number of aromatic hydroxyl groups is 1. The SMILES string of the molecule is Oc1ccc2c(c1)[C@@]13CCCC[C@@H]1[C@@H](C2)N(CC1CCC1)CC3. The average molecular weight is 311 g/mol. The summed E-state index contributed by atoms with van der Waals surface area (Å²) in [5.74, 6) is 2.28. The second kappa shape index (κ2) is 5.24. The van der Waals surface area contributed by atoms with Crippen LogP contribution in [0.1, 0.15) is 62.5 Å². The van der Waals surface area contributed by atoms with Crippen LogP contribution in [0, 0.1) is 11.8 Å². The number of fused-ring (bicyclic) bond motifs is 1. The van der Waals surface area contributed by atoms with Crippen LogP contribution in [0.15, 0.2) is 18.2 Å². The highest BCUT2D eigenvalue weighted by atomic mass is 16.3. The number of piperidine rings is 1. The molecule has 2 saturated carbocycles. The average Bonchev–Trinajstić information content (AvgIpc) is 2.53. The summed E-state index contributed by atoms with van der Waals surface area (Å²) in [6.07, 6.45) is 12.5. The van der Waals surface area contributed by atoms with E-state index >= 15 is 0 Å². The van der Waals surface area contributed by atoms with Crippen LogP contribution < -0.4 is 0 Å². The van der Waals surface area contributed by atoms with Gasteiger partial charge in [0.1, 0.15) is 5.75 Å². The molecular weight excluding hydrogens is 282 g/mol. The van der Waals surface area contributed by atoms with Crippen LogP contribution in [0.2, 0.25) is 0 Å². The molecule has 4 aliphatic rings. The first kappa shape index (κ1) is 14.3. The fraction of sp³-hybridized carbons (Fsp3) is 0.714. The molecule has 5 rings (SSSR count). The molecule has 1 aliphatic heterocycles. The molecule has 1 saturated heterocycles. The summed E-state index contributed by atoms with van der Waals surface area (Å²) < 4.78 is 0. The molecule has 124 valence electrons. The minimum Gasteiger partial charge on any atom is -0.508 e. The third kappa shape index (κ3) is 2.10. The molecule has 1 N–H and O–H groups in total. The highest BCUT2D eigenvalue weighted by Gasteiger charge is 2.53. The van der Waals surface area contributed by atoms with Crippen molar-refractivity contribution in [3.8, 4) is 5.75 Å². The van der Waals surface area contributed by atoms with Crippen LogP contribution in [-0.4, -0.2) is 29.1 Å². The third-order valence-electron chi connectivity index (χ3n) is 7.65. The highest BCUT2D eigenvalue weighted by molar-refractivity contribution is 5.45. The maximum absolute atomic E-state index is 10.1. The number of hydrogen-bond donors (Lipinski definition) is 1. The Morgan fingerprint density at radius 1 is 1.09 bits per heavy atom. The van der Waals surface area contributed by atoms with Crippen LogP contribution >= 0.6 is 0 Å². The van der Waals surface area contributed by atoms with Gasteiger partial charge in [0.15, 0.2) is 0 Å². The predicted octanol–water partition coefficient (Wildman–Crippen LogP) is 4.25. The first-order valence-electron chi connectivity index (χ1n) is 9.83. The highest BCUT2D eigenvalue weighted by Crippen LogP contribution is 2.56. The van der Waals surface area contributed by atoms with Gasteiger partial charge in [0, 0.05) is 18.0 Å². The van der Waals surface area contributed by atoms with Gasteiger partial charge in [-0.1, -0.05) is 25.3 Å². The fourth-order valence-corrected chi connectivity index (χ4v) is 6.31. The number of phenolic OH excluding ortho intramolecular Hbond substituents is 1. The molecule has 0 radical (unpaired) electrons. The van der Waals surface area contributed by atoms with E-state index in [1.54, 1.807) is 0 Å². The molecule has 23 heavy (non-hydrogen) atoms. The predicted molar refractivity (Wildman–Crippen MR) is 92.8 cm³/mol. The van der Waals surface area contributed by atoms with Crippen molar-refractivity contribution in [2.24, 2.45) is 11.8 Å². The van der Waals surface area contributed by atoms with Gasteiger partial charge < -0.3 is 5.11 Å². The number of rotatable bonds is 2. The lowest BCUT2D eigenvalue weighted by molar-refractivity contribution is -0.0240. The summed E-state index contributed by atoms with van der Waals surface area (Å²) in [4.78, 5) is 2.87. The van der Waals surface area contributed by atoms with Crippen LogP contribution in [0.5, 0.6) is 5.75 Å². The fourth-order valence-electron chi connectivity index (χ4n) is 6.31. The van der Waals surface area contributed by atoms with Gasteiger partial charge in [-0.15, -0.1) is 0 Å². The zero-order chi connectivity index (χ0) is 15.4. The topological polar surface area (TPSA) is 23.5 Å². The first-order valence-corrected chi connectivity index (χ1v) is 9.83. The molecule has 0 unspecified atom stereocenters. The van der Waals surface area contributed by atoms with Gasteiger partial charge in [0.2, 0.25) is 0 Å². The van der Waals surface area contributed by atoms with Crippen molar-refractivity contribution in [2.45, 2.75) is 69.2 Å². The molecule has 2 bridgehead atoms. The lowest BCUT2D eigenvalue weighted by Crippen LogP contribution is -2.61. The van der Waals surface area contributed by atoms with Crippen molar-refractivity contribution in [1.29, 1.82) is 0 Å². The minimum absolute atomic E-state index is 0.380. The number of phenols is 1. The molecule has 0 spiro atoms. The summed E-state index contributed by atoms with van der Waals surface area (Å²) in [5.41, 5.74) is 3.43. The molecule has 2 heteroatoms. The van der Waals surface area contributed by atoms with E-state index in [0.29, 0.717) is 11.2 Å². The smallest absolute Gasteiger partial charge is 0.115 e. The van der Waals surface area contributed by atoms with Crippen molar-refractivity contribution in [3.63, 3.8) is 0 Å². The Morgan fingerprint density at radius 3 is 2.83 bits per heavy atom. The second-order valence-electron chi connectivity index (χ2n) is 8.66. The molecule has 1 aromatic carbocycles. The Kier molecular flexibility index (Phi) is 3.27. The van der Waals surface area contributed by atoms with Gasteiger partial charge in [-0.3, -0.25) is 4.90 Å². The molecular formula is C21H29NO. The van der Waals surface area contributed by atoms with Gasteiger partial charge >= 0.3 is 0 Å². The summed E-state index contributed by atoms with van der Waals surface area (Å²) in [6, 6.07) is 7.01. The van der Waals surface area contributed by atoms with E-state index in [0.717, 1.165) is 17.9 Å². The zero-order valence-electron chi connectivity index (χ0n) is 14.1. The largest absolute Gasteiger partial charge is 0.508 e. The lowest BCUT2D eigenvalue weighted by Gasteiger charge is -2.59. The van der Waals surface area contributed by atoms with Gasteiger partial charge in [0.05, 0.1) is 0 Å². The zero-order valence-corrected chi connectivity index (χ0v) is 14.1. The monoisotopic (exact) mass is 311 g/mol. The van der Waals surface area contributed by atoms with Crippen molar-refractivity contribution in [2.75, 3.05) is 13.1 Å². The van der Waals surface area contributed by atoms with Crippen LogP contribution in [-0.2, 0) is 11.8 Å². The van der Waals surface area contributed by atoms with Gasteiger partial charge in [-0.2, -0.15) is 0 Å². The van der Waals surface area contributed by atoms with Crippen molar-refractivity contribution < 1.29 is 5.11 Å². The van der Waals surface area contributed by atoms with Gasteiger partial charge in [-0.25, -0.2) is 0 Å². The number of likely N-dealkylation sites (tertiary alicyclic amines) is 1. The standard InChI is InChI=1S/C21H29NO/c23-17-8-7-16-12-20-18-6-1-2-9-21(18,19(16)13-17)10-11-22(20)14-15-4-3-5-15/h7-8,13,15,18,20,23H,1-6,9-12,14H2/t18-,20-,21-/m1/s1. The summed E-state index contributed by atoms with van der Waals surface area (Å²) in [7, 11) is 0. The molecule has 3 atom stereocenters. The number of hydrogen-bond acceptors (Lipinski definition) is 2. The van der Waals surface area contributed by atoms with Crippen molar-refractivity contribution >= 4 is 0 Å². The molecule has 0 aromatic heterocycles. The van der Waals surface area contributed by atoms with Crippen LogP contribution in [0.25, 0.3) is 0 Å². The molecule has 1 heterocycles. The first-order chi connectivity index (χ1) is 11.3. The van der Waals surface area contributed by atoms with E-state index in [-0.39, 0.29) is 0 Å². The van der Waals surface area contributed by atoms with Gasteiger partial charge in [-0.05, 0) is 80.2 Å².